The van der Waals surface area contributed by atoms with Crippen molar-refractivity contribution in [3.8, 4) is 11.4 Å². The van der Waals surface area contributed by atoms with Gasteiger partial charge in [0, 0.05) is 29.9 Å². The SMILES string of the molecule is CCCn1c(SCC(=O)Nc2nc(C)cs2)nnc1-c1ccncc1. The summed E-state index contributed by atoms with van der Waals surface area (Å²) in [6.45, 7) is 4.79. The van der Waals surface area contributed by atoms with Crippen LogP contribution in [0, 0.1) is 6.92 Å². The lowest BCUT2D eigenvalue weighted by Crippen LogP contribution is -2.14. The number of hydrogen-bond donors (Lipinski definition) is 1. The Morgan fingerprint density at radius 2 is 2.12 bits per heavy atom. The predicted molar refractivity (Wildman–Crippen MR) is 99.7 cm³/mol. The molecule has 0 aliphatic heterocycles. The third-order valence-corrected chi connectivity index (χ3v) is 5.14. The number of hydrogen-bond acceptors (Lipinski definition) is 7. The van der Waals surface area contributed by atoms with Crippen molar-refractivity contribution >= 4 is 34.1 Å². The molecule has 0 atom stereocenters. The molecule has 0 spiro atoms. The lowest BCUT2D eigenvalue weighted by atomic mass is 10.2. The van der Waals surface area contributed by atoms with Gasteiger partial charge in [0.05, 0.1) is 11.4 Å². The number of carbonyl (C=O) groups excluding carboxylic acids is 1. The van der Waals surface area contributed by atoms with Crippen LogP contribution in [0.25, 0.3) is 11.4 Å². The van der Waals surface area contributed by atoms with Gasteiger partial charge in [-0.3, -0.25) is 9.78 Å². The van der Waals surface area contributed by atoms with E-state index in [2.05, 4.69) is 32.4 Å². The normalized spacial score (nSPS) is 10.8. The van der Waals surface area contributed by atoms with Gasteiger partial charge in [0.25, 0.3) is 0 Å². The molecule has 0 aliphatic carbocycles. The number of aryl methyl sites for hydroxylation is 1. The molecule has 0 saturated carbocycles. The molecule has 0 radical (unpaired) electrons. The first kappa shape index (κ1) is 17.6. The van der Waals surface area contributed by atoms with E-state index in [0.29, 0.717) is 5.13 Å². The maximum absolute atomic E-state index is 12.1. The minimum Gasteiger partial charge on any atom is -0.302 e. The monoisotopic (exact) mass is 374 g/mol. The molecule has 7 nitrogen and oxygen atoms in total. The molecule has 0 fully saturated rings. The molecule has 0 unspecified atom stereocenters. The van der Waals surface area contributed by atoms with Crippen LogP contribution < -0.4 is 5.32 Å². The van der Waals surface area contributed by atoms with Gasteiger partial charge in [-0.25, -0.2) is 4.98 Å². The fourth-order valence-electron chi connectivity index (χ4n) is 2.23. The van der Waals surface area contributed by atoms with Crippen LogP contribution in [-0.2, 0) is 11.3 Å². The van der Waals surface area contributed by atoms with Crippen LogP contribution in [-0.4, -0.2) is 36.4 Å². The van der Waals surface area contributed by atoms with Gasteiger partial charge in [0.1, 0.15) is 0 Å². The number of rotatable bonds is 7. The van der Waals surface area contributed by atoms with Gasteiger partial charge in [-0.1, -0.05) is 18.7 Å². The summed E-state index contributed by atoms with van der Waals surface area (Å²) in [5.41, 5.74) is 1.86. The van der Waals surface area contributed by atoms with Crippen molar-refractivity contribution < 1.29 is 4.79 Å². The van der Waals surface area contributed by atoms with Gasteiger partial charge < -0.3 is 9.88 Å². The Morgan fingerprint density at radius 1 is 1.32 bits per heavy atom. The van der Waals surface area contributed by atoms with Crippen LogP contribution >= 0.6 is 23.1 Å². The summed E-state index contributed by atoms with van der Waals surface area (Å²) in [6, 6.07) is 3.81. The fraction of sp³-hybridized carbons (Fsp3) is 0.312. The number of nitrogens with one attached hydrogen (secondary N) is 1. The van der Waals surface area contributed by atoms with E-state index < -0.39 is 0 Å². The summed E-state index contributed by atoms with van der Waals surface area (Å²) in [5, 5.41) is 14.6. The maximum atomic E-state index is 12.1. The van der Waals surface area contributed by atoms with Crippen LogP contribution in [0.3, 0.4) is 0 Å². The Kier molecular flexibility index (Phi) is 5.77. The minimum atomic E-state index is -0.101. The molecule has 0 aliphatic rings. The van der Waals surface area contributed by atoms with Gasteiger partial charge in [0.2, 0.25) is 5.91 Å². The summed E-state index contributed by atoms with van der Waals surface area (Å²) in [5.74, 6) is 0.954. The van der Waals surface area contributed by atoms with Crippen molar-refractivity contribution in [2.75, 3.05) is 11.1 Å². The van der Waals surface area contributed by atoms with Crippen molar-refractivity contribution in [3.05, 3.63) is 35.6 Å². The van der Waals surface area contributed by atoms with Crippen molar-refractivity contribution in [2.24, 2.45) is 0 Å². The summed E-state index contributed by atoms with van der Waals surface area (Å²) in [4.78, 5) is 20.4. The first-order valence-corrected chi connectivity index (χ1v) is 9.72. The van der Waals surface area contributed by atoms with Crippen molar-refractivity contribution in [1.82, 2.24) is 24.7 Å². The highest BCUT2D eigenvalue weighted by Crippen LogP contribution is 2.24. The largest absolute Gasteiger partial charge is 0.302 e. The molecule has 1 amide bonds. The molecule has 1 N–H and O–H groups in total. The Balaban J connectivity index is 1.69. The van der Waals surface area contributed by atoms with Crippen molar-refractivity contribution in [2.45, 2.75) is 32.0 Å². The average Bonchev–Trinajstić information content (AvgIpc) is 3.20. The number of aromatic nitrogens is 5. The van der Waals surface area contributed by atoms with Crippen LogP contribution in [0.2, 0.25) is 0 Å². The molecule has 9 heteroatoms. The summed E-state index contributed by atoms with van der Waals surface area (Å²) in [7, 11) is 0. The Bertz CT molecular complexity index is 845. The molecule has 25 heavy (non-hydrogen) atoms. The zero-order valence-electron chi connectivity index (χ0n) is 14.0. The quantitative estimate of drug-likeness (QED) is 0.639. The Hall–Kier alpha value is -2.26. The highest BCUT2D eigenvalue weighted by atomic mass is 32.2. The molecular weight excluding hydrogens is 356 g/mol. The van der Waals surface area contributed by atoms with Crippen LogP contribution in [0.5, 0.6) is 0 Å². The van der Waals surface area contributed by atoms with Gasteiger partial charge in [0.15, 0.2) is 16.1 Å². The summed E-state index contributed by atoms with van der Waals surface area (Å²) < 4.78 is 2.04. The topological polar surface area (TPSA) is 85.6 Å². The molecule has 130 valence electrons. The second-order valence-corrected chi connectivity index (χ2v) is 7.13. The molecule has 3 heterocycles. The van der Waals surface area contributed by atoms with E-state index in [1.54, 1.807) is 12.4 Å². The summed E-state index contributed by atoms with van der Waals surface area (Å²) >= 11 is 2.80. The zero-order chi connectivity index (χ0) is 17.6. The maximum Gasteiger partial charge on any atom is 0.236 e. The highest BCUT2D eigenvalue weighted by Gasteiger charge is 2.15. The van der Waals surface area contributed by atoms with Gasteiger partial charge in [-0.2, -0.15) is 0 Å². The van der Waals surface area contributed by atoms with E-state index >= 15 is 0 Å². The first-order valence-electron chi connectivity index (χ1n) is 7.85. The smallest absolute Gasteiger partial charge is 0.236 e. The molecule has 3 aromatic rings. The number of anilines is 1. The van der Waals surface area contributed by atoms with Gasteiger partial charge in [-0.15, -0.1) is 21.5 Å². The molecule has 0 saturated heterocycles. The molecule has 0 bridgehead atoms. The van der Waals surface area contributed by atoms with Gasteiger partial charge >= 0.3 is 0 Å². The standard InChI is InChI=1S/C16H18N6OS2/c1-3-8-22-14(12-4-6-17-7-5-12)20-21-16(22)25-10-13(23)19-15-18-11(2)9-24-15/h4-7,9H,3,8,10H2,1-2H3,(H,18,19,23). The lowest BCUT2D eigenvalue weighted by Gasteiger charge is -2.08. The second-order valence-electron chi connectivity index (χ2n) is 5.32. The van der Waals surface area contributed by atoms with E-state index in [1.807, 2.05) is 29.0 Å². The molecule has 0 aromatic carbocycles. The minimum absolute atomic E-state index is 0.101. The number of amides is 1. The van der Waals surface area contributed by atoms with E-state index in [9.17, 15) is 4.79 Å². The van der Waals surface area contributed by atoms with E-state index in [-0.39, 0.29) is 11.7 Å². The Labute approximate surface area is 153 Å². The number of thiazole rings is 1. The summed E-state index contributed by atoms with van der Waals surface area (Å²) in [6.07, 6.45) is 4.42. The van der Waals surface area contributed by atoms with Crippen LogP contribution in [0.4, 0.5) is 5.13 Å². The van der Waals surface area contributed by atoms with Crippen molar-refractivity contribution in [3.63, 3.8) is 0 Å². The molecule has 3 aromatic heterocycles. The predicted octanol–water partition coefficient (Wildman–Crippen LogP) is 3.25. The number of carbonyl (C=O) groups is 1. The number of thioether (sulfide) groups is 1. The van der Waals surface area contributed by atoms with Crippen LogP contribution in [0.1, 0.15) is 19.0 Å². The number of pyridine rings is 1. The molecular formula is C16H18N6OS2. The van der Waals surface area contributed by atoms with E-state index in [1.165, 1.54) is 23.1 Å². The second kappa shape index (κ2) is 8.21. The van der Waals surface area contributed by atoms with E-state index in [4.69, 9.17) is 0 Å². The van der Waals surface area contributed by atoms with Gasteiger partial charge in [-0.05, 0) is 25.5 Å². The molecule has 3 rings (SSSR count). The fourth-order valence-corrected chi connectivity index (χ4v) is 3.70. The van der Waals surface area contributed by atoms with Crippen molar-refractivity contribution in [1.29, 1.82) is 0 Å². The highest BCUT2D eigenvalue weighted by molar-refractivity contribution is 7.99. The average molecular weight is 374 g/mol. The lowest BCUT2D eigenvalue weighted by molar-refractivity contribution is -0.113. The van der Waals surface area contributed by atoms with E-state index in [0.717, 1.165) is 35.2 Å². The zero-order valence-corrected chi connectivity index (χ0v) is 15.6. The third-order valence-electron chi connectivity index (χ3n) is 3.30. The van der Waals surface area contributed by atoms with Crippen LogP contribution in [0.15, 0.2) is 35.1 Å². The number of nitrogens with zero attached hydrogens (tertiary/aromatic N) is 5. The third kappa shape index (κ3) is 4.43. The Morgan fingerprint density at radius 3 is 2.80 bits per heavy atom. The first-order chi connectivity index (χ1) is 12.2.